The average molecular weight is 250 g/mol. The van der Waals surface area contributed by atoms with E-state index in [9.17, 15) is 0 Å². The highest BCUT2D eigenvalue weighted by molar-refractivity contribution is 8.00. The molecule has 17 heavy (non-hydrogen) atoms. The number of nitrogens with two attached hydrogens (primary N) is 1. The average Bonchev–Trinajstić information content (AvgIpc) is 2.90. The number of thioether (sulfide) groups is 1. The molecule has 0 bridgehead atoms. The highest BCUT2D eigenvalue weighted by Gasteiger charge is 2.24. The van der Waals surface area contributed by atoms with Gasteiger partial charge >= 0.3 is 0 Å². The van der Waals surface area contributed by atoms with Gasteiger partial charge in [0.15, 0.2) is 0 Å². The Hall–Kier alpha value is -0.510. The SMILES string of the molecule is NNC(CCCc1ccccc1)C1CCCS1. The molecule has 1 aliphatic rings. The zero-order chi connectivity index (χ0) is 11.9. The van der Waals surface area contributed by atoms with Crippen LogP contribution in [-0.2, 0) is 6.42 Å². The molecule has 2 nitrogen and oxygen atoms in total. The number of aryl methyl sites for hydroxylation is 1. The first kappa shape index (κ1) is 12.9. The molecule has 0 saturated carbocycles. The molecule has 0 amide bonds. The summed E-state index contributed by atoms with van der Waals surface area (Å²) in [6.07, 6.45) is 6.24. The van der Waals surface area contributed by atoms with Crippen molar-refractivity contribution in [3.63, 3.8) is 0 Å². The topological polar surface area (TPSA) is 38.0 Å². The fourth-order valence-corrected chi connectivity index (χ4v) is 3.88. The maximum absolute atomic E-state index is 5.67. The maximum atomic E-state index is 5.67. The van der Waals surface area contributed by atoms with Gasteiger partial charge in [0.2, 0.25) is 0 Å². The molecule has 2 unspecified atom stereocenters. The molecule has 1 aromatic rings. The van der Waals surface area contributed by atoms with Crippen molar-refractivity contribution in [2.75, 3.05) is 5.75 Å². The van der Waals surface area contributed by atoms with E-state index >= 15 is 0 Å². The lowest BCUT2D eigenvalue weighted by Gasteiger charge is -2.21. The minimum absolute atomic E-state index is 0.492. The second kappa shape index (κ2) is 7.04. The minimum Gasteiger partial charge on any atom is -0.271 e. The van der Waals surface area contributed by atoms with Crippen LogP contribution in [0.15, 0.2) is 30.3 Å². The van der Waals surface area contributed by atoms with Crippen molar-refractivity contribution in [1.29, 1.82) is 0 Å². The molecule has 0 aromatic heterocycles. The maximum Gasteiger partial charge on any atom is 0.0329 e. The van der Waals surface area contributed by atoms with E-state index in [1.165, 1.54) is 37.0 Å². The van der Waals surface area contributed by atoms with Gasteiger partial charge in [0.05, 0.1) is 0 Å². The first-order valence-corrected chi connectivity index (χ1v) is 7.56. The van der Waals surface area contributed by atoms with Crippen LogP contribution < -0.4 is 11.3 Å². The Morgan fingerprint density at radius 1 is 1.35 bits per heavy atom. The van der Waals surface area contributed by atoms with Crippen molar-refractivity contribution in [3.8, 4) is 0 Å². The third kappa shape index (κ3) is 4.02. The van der Waals surface area contributed by atoms with Gasteiger partial charge in [0.25, 0.3) is 0 Å². The Balaban J connectivity index is 1.72. The summed E-state index contributed by atoms with van der Waals surface area (Å²) in [6, 6.07) is 11.2. The number of nitrogens with one attached hydrogen (secondary N) is 1. The van der Waals surface area contributed by atoms with Crippen LogP contribution in [0, 0.1) is 0 Å². The summed E-state index contributed by atoms with van der Waals surface area (Å²) in [5.41, 5.74) is 4.44. The lowest BCUT2D eigenvalue weighted by Crippen LogP contribution is -2.41. The van der Waals surface area contributed by atoms with Crippen molar-refractivity contribution in [2.24, 2.45) is 5.84 Å². The molecule has 1 heterocycles. The van der Waals surface area contributed by atoms with Gasteiger partial charge in [-0.25, -0.2) is 0 Å². The molecule has 2 atom stereocenters. The third-order valence-electron chi connectivity index (χ3n) is 3.45. The van der Waals surface area contributed by atoms with E-state index in [0.29, 0.717) is 6.04 Å². The second-order valence-corrected chi connectivity index (χ2v) is 6.05. The predicted molar refractivity (Wildman–Crippen MR) is 76.0 cm³/mol. The monoisotopic (exact) mass is 250 g/mol. The smallest absolute Gasteiger partial charge is 0.0329 e. The van der Waals surface area contributed by atoms with Crippen molar-refractivity contribution < 1.29 is 0 Å². The molecule has 0 radical (unpaired) electrons. The second-order valence-electron chi connectivity index (χ2n) is 4.70. The van der Waals surface area contributed by atoms with Gasteiger partial charge in [0, 0.05) is 11.3 Å². The molecule has 94 valence electrons. The Bertz CT molecular complexity index is 309. The van der Waals surface area contributed by atoms with E-state index in [1.807, 2.05) is 0 Å². The molecule has 1 aromatic carbocycles. The summed E-state index contributed by atoms with van der Waals surface area (Å²) >= 11 is 2.08. The van der Waals surface area contributed by atoms with E-state index in [1.54, 1.807) is 0 Å². The van der Waals surface area contributed by atoms with Gasteiger partial charge in [-0.15, -0.1) is 0 Å². The highest BCUT2D eigenvalue weighted by atomic mass is 32.2. The highest BCUT2D eigenvalue weighted by Crippen LogP contribution is 2.30. The molecule has 0 aliphatic carbocycles. The zero-order valence-electron chi connectivity index (χ0n) is 10.3. The van der Waals surface area contributed by atoms with Crippen LogP contribution in [0.4, 0.5) is 0 Å². The Kier molecular flexibility index (Phi) is 5.36. The summed E-state index contributed by atoms with van der Waals surface area (Å²) in [7, 11) is 0. The number of hydrazine groups is 1. The molecule has 3 N–H and O–H groups in total. The van der Waals surface area contributed by atoms with Gasteiger partial charge in [-0.2, -0.15) is 11.8 Å². The Labute approximate surface area is 108 Å². The zero-order valence-corrected chi connectivity index (χ0v) is 11.1. The summed E-state index contributed by atoms with van der Waals surface area (Å²) in [5, 5.41) is 0.732. The third-order valence-corrected chi connectivity index (χ3v) is 4.97. The van der Waals surface area contributed by atoms with Gasteiger partial charge < -0.3 is 0 Å². The fraction of sp³-hybridized carbons (Fsp3) is 0.571. The first-order valence-electron chi connectivity index (χ1n) is 6.52. The van der Waals surface area contributed by atoms with Crippen molar-refractivity contribution in [1.82, 2.24) is 5.43 Å². The molecular weight excluding hydrogens is 228 g/mol. The van der Waals surface area contributed by atoms with E-state index in [2.05, 4.69) is 47.5 Å². The van der Waals surface area contributed by atoms with Gasteiger partial charge in [-0.1, -0.05) is 30.3 Å². The normalized spacial score (nSPS) is 21.6. The summed E-state index contributed by atoms with van der Waals surface area (Å²) in [4.78, 5) is 0. The molecule has 0 spiro atoms. The van der Waals surface area contributed by atoms with Crippen LogP contribution in [-0.4, -0.2) is 17.0 Å². The van der Waals surface area contributed by atoms with E-state index in [0.717, 1.165) is 11.7 Å². The first-order chi connectivity index (χ1) is 8.40. The molecule has 1 fully saturated rings. The standard InChI is InChI=1S/C14H22N2S/c15-16-13(14-10-5-11-17-14)9-4-8-12-6-2-1-3-7-12/h1-3,6-7,13-14,16H,4-5,8-11,15H2. The van der Waals surface area contributed by atoms with Crippen molar-refractivity contribution in [2.45, 2.75) is 43.4 Å². The lowest BCUT2D eigenvalue weighted by molar-refractivity contribution is 0.456. The molecule has 2 rings (SSSR count). The Morgan fingerprint density at radius 3 is 2.82 bits per heavy atom. The van der Waals surface area contributed by atoms with Gasteiger partial charge in [-0.05, 0) is 43.4 Å². The van der Waals surface area contributed by atoms with E-state index < -0.39 is 0 Å². The predicted octanol–water partition coefficient (Wildman–Crippen LogP) is 2.74. The summed E-state index contributed by atoms with van der Waals surface area (Å²) < 4.78 is 0. The van der Waals surface area contributed by atoms with Crippen LogP contribution >= 0.6 is 11.8 Å². The van der Waals surface area contributed by atoms with Crippen LogP contribution in [0.1, 0.15) is 31.2 Å². The van der Waals surface area contributed by atoms with E-state index in [-0.39, 0.29) is 0 Å². The molecule has 1 saturated heterocycles. The number of hydrogen-bond acceptors (Lipinski definition) is 3. The number of hydrogen-bond donors (Lipinski definition) is 2. The van der Waals surface area contributed by atoms with Crippen molar-refractivity contribution >= 4 is 11.8 Å². The number of benzene rings is 1. The van der Waals surface area contributed by atoms with Crippen LogP contribution in [0.3, 0.4) is 0 Å². The number of rotatable bonds is 6. The molecule has 3 heteroatoms. The minimum atomic E-state index is 0.492. The summed E-state index contributed by atoms with van der Waals surface area (Å²) in [6.45, 7) is 0. The van der Waals surface area contributed by atoms with Crippen LogP contribution in [0.5, 0.6) is 0 Å². The lowest BCUT2D eigenvalue weighted by atomic mass is 10.0. The van der Waals surface area contributed by atoms with Gasteiger partial charge in [0.1, 0.15) is 0 Å². The van der Waals surface area contributed by atoms with Crippen LogP contribution in [0.25, 0.3) is 0 Å². The quantitative estimate of drug-likeness (QED) is 0.602. The molecular formula is C14H22N2S. The molecule has 1 aliphatic heterocycles. The van der Waals surface area contributed by atoms with E-state index in [4.69, 9.17) is 5.84 Å². The van der Waals surface area contributed by atoms with Crippen LogP contribution in [0.2, 0.25) is 0 Å². The van der Waals surface area contributed by atoms with Crippen molar-refractivity contribution in [3.05, 3.63) is 35.9 Å². The fourth-order valence-electron chi connectivity index (χ4n) is 2.47. The largest absolute Gasteiger partial charge is 0.271 e. The summed E-state index contributed by atoms with van der Waals surface area (Å²) in [5.74, 6) is 6.98. The Morgan fingerprint density at radius 2 is 2.18 bits per heavy atom. The van der Waals surface area contributed by atoms with Gasteiger partial charge in [-0.3, -0.25) is 11.3 Å².